The number of nitrogen functional groups attached to an aromatic ring is 1. The summed E-state index contributed by atoms with van der Waals surface area (Å²) >= 11 is 0. The van der Waals surface area contributed by atoms with Crippen LogP contribution in [0, 0.1) is 12.7 Å². The lowest BCUT2D eigenvalue weighted by Gasteiger charge is -2.11. The van der Waals surface area contributed by atoms with Crippen LogP contribution in [-0.2, 0) is 17.2 Å². The van der Waals surface area contributed by atoms with Gasteiger partial charge in [-0.3, -0.25) is 4.21 Å². The van der Waals surface area contributed by atoms with Gasteiger partial charge >= 0.3 is 0 Å². The molecule has 5 heteroatoms. The average Bonchev–Trinajstić information content (AvgIpc) is 2.83. The number of ether oxygens (including phenoxy) is 1. The van der Waals surface area contributed by atoms with Crippen LogP contribution in [-0.4, -0.2) is 16.1 Å². The maximum Gasteiger partial charge on any atom is 0.123 e. The van der Waals surface area contributed by atoms with Crippen molar-refractivity contribution in [2.45, 2.75) is 24.3 Å². The number of fused-ring (bicyclic) bond motifs is 1. The van der Waals surface area contributed by atoms with E-state index in [-0.39, 0.29) is 11.9 Å². The molecule has 2 unspecified atom stereocenters. The Morgan fingerprint density at radius 3 is 2.90 bits per heavy atom. The fourth-order valence-corrected chi connectivity index (χ4v) is 3.68. The Bertz CT molecular complexity index is 717. The number of hydrogen-bond acceptors (Lipinski definition) is 3. The van der Waals surface area contributed by atoms with Crippen LogP contribution in [0.1, 0.15) is 11.1 Å². The van der Waals surface area contributed by atoms with Gasteiger partial charge in [0.15, 0.2) is 0 Å². The van der Waals surface area contributed by atoms with E-state index in [0.29, 0.717) is 23.6 Å². The third-order valence-corrected chi connectivity index (χ3v) is 5.06. The summed E-state index contributed by atoms with van der Waals surface area (Å²) in [7, 11) is -1.16. The van der Waals surface area contributed by atoms with Crippen molar-refractivity contribution < 1.29 is 13.3 Å². The average molecular weight is 305 g/mol. The summed E-state index contributed by atoms with van der Waals surface area (Å²) in [4.78, 5) is 0.743. The fourth-order valence-electron chi connectivity index (χ4n) is 2.44. The van der Waals surface area contributed by atoms with Crippen molar-refractivity contribution in [2.75, 3.05) is 11.5 Å². The summed E-state index contributed by atoms with van der Waals surface area (Å²) in [5.74, 6) is 0.805. The highest BCUT2D eigenvalue weighted by molar-refractivity contribution is 7.85. The molecule has 1 heterocycles. The summed E-state index contributed by atoms with van der Waals surface area (Å²) in [5.41, 5.74) is 8.21. The highest BCUT2D eigenvalue weighted by Gasteiger charge is 2.25. The first-order chi connectivity index (χ1) is 10.0. The molecule has 2 aromatic rings. The van der Waals surface area contributed by atoms with E-state index in [9.17, 15) is 8.60 Å². The molecule has 2 N–H and O–H groups in total. The van der Waals surface area contributed by atoms with Gasteiger partial charge in [-0.25, -0.2) is 4.39 Å². The van der Waals surface area contributed by atoms with Crippen LogP contribution in [0.4, 0.5) is 10.1 Å². The third-order valence-electron chi connectivity index (χ3n) is 3.61. The zero-order valence-electron chi connectivity index (χ0n) is 11.6. The van der Waals surface area contributed by atoms with Gasteiger partial charge in [-0.05, 0) is 48.9 Å². The largest absolute Gasteiger partial charge is 0.489 e. The molecule has 21 heavy (non-hydrogen) atoms. The number of benzene rings is 2. The smallest absolute Gasteiger partial charge is 0.123 e. The summed E-state index contributed by atoms with van der Waals surface area (Å²) < 4.78 is 31.3. The lowest BCUT2D eigenvalue weighted by molar-refractivity contribution is 0.258. The van der Waals surface area contributed by atoms with Gasteiger partial charge in [-0.1, -0.05) is 0 Å². The van der Waals surface area contributed by atoms with E-state index in [2.05, 4.69) is 0 Å². The molecule has 110 valence electrons. The fraction of sp³-hybridized carbons (Fsp3) is 0.250. The number of anilines is 1. The molecule has 0 aromatic heterocycles. The van der Waals surface area contributed by atoms with Crippen LogP contribution in [0.3, 0.4) is 0 Å². The second-order valence-electron chi connectivity index (χ2n) is 5.23. The molecule has 2 atom stereocenters. The second kappa shape index (κ2) is 5.48. The molecule has 0 amide bonds. The molecule has 3 nitrogen and oxygen atoms in total. The maximum atomic E-state index is 13.2. The summed E-state index contributed by atoms with van der Waals surface area (Å²) in [6, 6.07) is 9.86. The Balaban J connectivity index is 1.71. The van der Waals surface area contributed by atoms with Crippen LogP contribution in [0.15, 0.2) is 41.3 Å². The standard InChI is InChI=1S/C16H16FNO2S/c1-10-6-14(3-4-15(10)18)21(19)9-13-8-11-7-12(17)2-5-16(11)20-13/h2-7,13H,8-9,18H2,1H3. The van der Waals surface area contributed by atoms with Crippen LogP contribution in [0.5, 0.6) is 5.75 Å². The second-order valence-corrected chi connectivity index (χ2v) is 6.72. The molecule has 0 spiro atoms. The summed E-state index contributed by atoms with van der Waals surface area (Å²) in [6.45, 7) is 1.89. The minimum Gasteiger partial charge on any atom is -0.489 e. The highest BCUT2D eigenvalue weighted by atomic mass is 32.2. The molecule has 3 rings (SSSR count). The van der Waals surface area contributed by atoms with Gasteiger partial charge in [0.1, 0.15) is 17.7 Å². The Morgan fingerprint density at radius 2 is 2.14 bits per heavy atom. The monoisotopic (exact) mass is 305 g/mol. The Labute approximate surface area is 125 Å². The van der Waals surface area contributed by atoms with Crippen molar-refractivity contribution in [3.05, 3.63) is 53.3 Å². The van der Waals surface area contributed by atoms with Gasteiger partial charge in [0.2, 0.25) is 0 Å². The zero-order chi connectivity index (χ0) is 15.0. The van der Waals surface area contributed by atoms with Gasteiger partial charge in [0, 0.05) is 22.6 Å². The first kappa shape index (κ1) is 14.1. The Hall–Kier alpha value is -1.88. The highest BCUT2D eigenvalue weighted by Crippen LogP contribution is 2.30. The normalized spacial score (nSPS) is 18.1. The van der Waals surface area contributed by atoms with Crippen molar-refractivity contribution in [3.8, 4) is 5.75 Å². The van der Waals surface area contributed by atoms with E-state index < -0.39 is 10.8 Å². The van der Waals surface area contributed by atoms with Gasteiger partial charge < -0.3 is 10.5 Å². The van der Waals surface area contributed by atoms with Crippen LogP contribution >= 0.6 is 0 Å². The molecule has 0 saturated heterocycles. The van der Waals surface area contributed by atoms with Crippen molar-refractivity contribution in [2.24, 2.45) is 0 Å². The SMILES string of the molecule is Cc1cc(S(=O)CC2Cc3cc(F)ccc3O2)ccc1N. The number of hydrogen-bond donors (Lipinski definition) is 1. The van der Waals surface area contributed by atoms with Gasteiger partial charge in [-0.15, -0.1) is 0 Å². The number of aryl methyl sites for hydroxylation is 1. The molecule has 0 fully saturated rings. The molecule has 0 aliphatic carbocycles. The van der Waals surface area contributed by atoms with E-state index in [0.717, 1.165) is 16.0 Å². The molecule has 0 radical (unpaired) electrons. The topological polar surface area (TPSA) is 52.3 Å². The van der Waals surface area contributed by atoms with Gasteiger partial charge in [-0.2, -0.15) is 0 Å². The lowest BCUT2D eigenvalue weighted by Crippen LogP contribution is -2.21. The van der Waals surface area contributed by atoms with E-state index in [1.165, 1.54) is 12.1 Å². The number of nitrogens with two attached hydrogens (primary N) is 1. The van der Waals surface area contributed by atoms with Crippen LogP contribution in [0.25, 0.3) is 0 Å². The summed E-state index contributed by atoms with van der Waals surface area (Å²) in [5, 5.41) is 0. The van der Waals surface area contributed by atoms with E-state index in [1.807, 2.05) is 13.0 Å². The first-order valence-electron chi connectivity index (χ1n) is 6.72. The van der Waals surface area contributed by atoms with E-state index >= 15 is 0 Å². The summed E-state index contributed by atoms with van der Waals surface area (Å²) in [6.07, 6.45) is 0.410. The van der Waals surface area contributed by atoms with Crippen molar-refractivity contribution in [1.82, 2.24) is 0 Å². The molecule has 2 aromatic carbocycles. The number of rotatable bonds is 3. The van der Waals surface area contributed by atoms with Gasteiger partial charge in [0.05, 0.1) is 16.6 Å². The number of halogens is 1. The van der Waals surface area contributed by atoms with Crippen molar-refractivity contribution >= 4 is 16.5 Å². The van der Waals surface area contributed by atoms with E-state index in [4.69, 9.17) is 10.5 Å². The Morgan fingerprint density at radius 1 is 1.33 bits per heavy atom. The lowest BCUT2D eigenvalue weighted by atomic mass is 10.1. The molecular formula is C16H16FNO2S. The predicted octanol–water partition coefficient (Wildman–Crippen LogP) is 2.83. The molecule has 1 aliphatic heterocycles. The first-order valence-corrected chi connectivity index (χ1v) is 8.04. The quantitative estimate of drug-likeness (QED) is 0.887. The van der Waals surface area contributed by atoms with Crippen LogP contribution in [0.2, 0.25) is 0 Å². The van der Waals surface area contributed by atoms with E-state index in [1.54, 1.807) is 18.2 Å². The molecule has 1 aliphatic rings. The van der Waals surface area contributed by atoms with Crippen molar-refractivity contribution in [3.63, 3.8) is 0 Å². The van der Waals surface area contributed by atoms with Crippen molar-refractivity contribution in [1.29, 1.82) is 0 Å². The minimum atomic E-state index is -1.16. The Kier molecular flexibility index (Phi) is 3.68. The zero-order valence-corrected chi connectivity index (χ0v) is 12.5. The predicted molar refractivity (Wildman–Crippen MR) is 81.4 cm³/mol. The van der Waals surface area contributed by atoms with Crippen LogP contribution < -0.4 is 10.5 Å². The maximum absolute atomic E-state index is 13.2. The van der Waals surface area contributed by atoms with Gasteiger partial charge in [0.25, 0.3) is 0 Å². The molecule has 0 saturated carbocycles. The molecular weight excluding hydrogens is 289 g/mol. The molecule has 0 bridgehead atoms. The minimum absolute atomic E-state index is 0.180. The third kappa shape index (κ3) is 2.93.